The van der Waals surface area contributed by atoms with Gasteiger partial charge in [0.2, 0.25) is 0 Å². The molecule has 4 unspecified atom stereocenters. The predicted octanol–water partition coefficient (Wildman–Crippen LogP) is 6.69. The van der Waals surface area contributed by atoms with Crippen LogP contribution in [0.4, 0.5) is 0 Å². The van der Waals surface area contributed by atoms with Crippen LogP contribution >= 0.6 is 0 Å². The van der Waals surface area contributed by atoms with Crippen molar-refractivity contribution < 1.29 is 19.1 Å². The van der Waals surface area contributed by atoms with E-state index in [1.165, 1.54) is 63.4 Å². The molecule has 1 N–H and O–H groups in total. The molecule has 0 amide bonds. The molecule has 3 aliphatic heterocycles. The minimum absolute atomic E-state index is 0.00253. The normalized spacial score (nSPS) is 53.2. The van der Waals surface area contributed by atoms with Gasteiger partial charge < -0.3 is 14.3 Å². The fourth-order valence-electron chi connectivity index (χ4n) is 14.2. The van der Waals surface area contributed by atoms with E-state index >= 15 is 0 Å². The second kappa shape index (κ2) is 10.0. The van der Waals surface area contributed by atoms with E-state index in [-0.39, 0.29) is 28.3 Å². The van der Waals surface area contributed by atoms with Crippen molar-refractivity contribution in [3.63, 3.8) is 0 Å². The minimum atomic E-state index is -0.00253. The maximum Gasteiger partial charge on any atom is 0.362 e. The summed E-state index contributed by atoms with van der Waals surface area (Å²) in [6, 6.07) is 0. The van der Waals surface area contributed by atoms with Crippen LogP contribution in [0.2, 0.25) is 0 Å². The molecule has 2 bridgehead atoms. The highest BCUT2D eigenvalue weighted by Gasteiger charge is 2.71. The van der Waals surface area contributed by atoms with Gasteiger partial charge in [-0.1, -0.05) is 46.8 Å². The predicted molar refractivity (Wildman–Crippen MR) is 172 cm³/mol. The smallest absolute Gasteiger partial charge is 0.362 e. The molecule has 10 atom stereocenters. The van der Waals surface area contributed by atoms with Gasteiger partial charge >= 0.3 is 5.97 Å². The first-order chi connectivity index (χ1) is 20.2. The van der Waals surface area contributed by atoms with Crippen molar-refractivity contribution in [1.82, 2.24) is 4.90 Å². The number of carbonyl (C=O) groups excluding carboxylic acids is 1. The van der Waals surface area contributed by atoms with Gasteiger partial charge in [0.25, 0.3) is 0 Å². The second-order valence-electron chi connectivity index (χ2n) is 18.6. The van der Waals surface area contributed by atoms with Crippen molar-refractivity contribution in [3.05, 3.63) is 12.2 Å². The van der Waals surface area contributed by atoms with Crippen LogP contribution in [0.3, 0.4) is 0 Å². The lowest BCUT2D eigenvalue weighted by atomic mass is 9.32. The third-order valence-electron chi connectivity index (χ3n) is 16.9. The highest BCUT2D eigenvalue weighted by Crippen LogP contribution is 2.77. The van der Waals surface area contributed by atoms with Crippen LogP contribution in [-0.4, -0.2) is 79.0 Å². The zero-order valence-corrected chi connectivity index (χ0v) is 28.6. The molecule has 0 aromatic carbocycles. The molecular formula is C38H63N2O3+. The van der Waals surface area contributed by atoms with Gasteiger partial charge in [-0.2, -0.15) is 0 Å². The van der Waals surface area contributed by atoms with Crippen molar-refractivity contribution >= 4 is 5.97 Å². The summed E-state index contributed by atoms with van der Waals surface area (Å²) >= 11 is 0. The van der Waals surface area contributed by atoms with E-state index in [0.717, 1.165) is 50.2 Å². The van der Waals surface area contributed by atoms with E-state index in [4.69, 9.17) is 4.74 Å². The third-order valence-corrected chi connectivity index (χ3v) is 16.9. The number of hydrogen-bond donors (Lipinski definition) is 1. The average Bonchev–Trinajstić information content (AvgIpc) is 3.36. The second-order valence-corrected chi connectivity index (χ2v) is 18.6. The molecular weight excluding hydrogens is 532 g/mol. The Hall–Kier alpha value is -0.910. The van der Waals surface area contributed by atoms with Gasteiger partial charge in [-0.05, 0) is 122 Å². The third kappa shape index (κ3) is 4.21. The highest BCUT2D eigenvalue weighted by atomic mass is 16.5. The van der Waals surface area contributed by atoms with Crippen molar-refractivity contribution in [2.75, 3.05) is 52.4 Å². The summed E-state index contributed by atoms with van der Waals surface area (Å²) in [4.78, 5) is 16.1. The monoisotopic (exact) mass is 595 g/mol. The van der Waals surface area contributed by atoms with E-state index in [9.17, 15) is 9.90 Å². The number of nitrogens with zero attached hydrogens (tertiary/aromatic N) is 2. The van der Waals surface area contributed by atoms with Crippen molar-refractivity contribution in [2.24, 2.45) is 56.7 Å². The number of piperazine rings is 3. The molecule has 0 aromatic rings. The summed E-state index contributed by atoms with van der Waals surface area (Å²) in [7, 11) is 0. The van der Waals surface area contributed by atoms with Gasteiger partial charge in [-0.15, -0.1) is 0 Å². The van der Waals surface area contributed by atoms with E-state index in [0.29, 0.717) is 53.6 Å². The Morgan fingerprint density at radius 2 is 1.56 bits per heavy atom. The Morgan fingerprint density at radius 1 is 0.860 bits per heavy atom. The topological polar surface area (TPSA) is 49.8 Å². The summed E-state index contributed by atoms with van der Waals surface area (Å²) < 4.78 is 7.47. The molecule has 8 aliphatic rings. The van der Waals surface area contributed by atoms with Gasteiger partial charge in [-0.25, -0.2) is 4.79 Å². The molecule has 5 aliphatic carbocycles. The van der Waals surface area contributed by atoms with Crippen LogP contribution < -0.4 is 0 Å². The molecule has 0 aromatic heterocycles. The number of esters is 1. The first kappa shape index (κ1) is 30.7. The van der Waals surface area contributed by atoms with Gasteiger partial charge in [0.1, 0.15) is 6.10 Å². The number of aliphatic hydroxyl groups excluding tert-OH is 1. The number of quaternary nitrogens is 1. The largest absolute Gasteiger partial charge is 0.458 e. The van der Waals surface area contributed by atoms with Crippen LogP contribution in [0, 0.1) is 56.7 Å². The number of ether oxygens (including phenoxy) is 1. The first-order valence-corrected chi connectivity index (χ1v) is 18.3. The standard InChI is InChI=1S/C38H63N2O3/c1-26(2)27-10-15-38(25-41)17-16-36(6)28(33(27)38)8-9-30-35(5)13-12-31(34(3,4)29(35)11-14-37(30,36)7)43-32(42)24-40-21-18-39(19-22-40)20-23-40/h27-31,33,41H,1,8-25H2,2-7H3/q+1/t27-,28?,29?,30?,31-,33?,35-,36+,37+,38+/m0/s1. The molecule has 3 saturated heterocycles. The van der Waals surface area contributed by atoms with Crippen molar-refractivity contribution in [2.45, 2.75) is 112 Å². The highest BCUT2D eigenvalue weighted by molar-refractivity contribution is 5.71. The fraction of sp³-hybridized carbons (Fsp3) is 0.921. The van der Waals surface area contributed by atoms with E-state index in [1.807, 2.05) is 0 Å². The molecule has 5 heteroatoms. The number of hydrogen-bond acceptors (Lipinski definition) is 4. The summed E-state index contributed by atoms with van der Waals surface area (Å²) in [6.45, 7) is 27.4. The Kier molecular flexibility index (Phi) is 7.18. The molecule has 8 fully saturated rings. The van der Waals surface area contributed by atoms with Crippen LogP contribution in [0.15, 0.2) is 12.2 Å². The maximum atomic E-state index is 13.5. The van der Waals surface area contributed by atoms with Gasteiger partial charge in [0.15, 0.2) is 6.54 Å². The maximum absolute atomic E-state index is 13.5. The Labute approximate surface area is 262 Å². The molecule has 3 heterocycles. The lowest BCUT2D eigenvalue weighted by molar-refractivity contribution is -0.934. The van der Waals surface area contributed by atoms with Crippen LogP contribution in [-0.2, 0) is 9.53 Å². The van der Waals surface area contributed by atoms with Gasteiger partial charge in [0.05, 0.1) is 19.6 Å². The molecule has 242 valence electrons. The van der Waals surface area contributed by atoms with Crippen LogP contribution in [0.5, 0.6) is 0 Å². The summed E-state index contributed by atoms with van der Waals surface area (Å²) in [5.74, 6) is 3.22. The first-order valence-electron chi connectivity index (χ1n) is 18.3. The molecule has 8 rings (SSSR count). The molecule has 5 saturated carbocycles. The minimum Gasteiger partial charge on any atom is -0.458 e. The van der Waals surface area contributed by atoms with Crippen molar-refractivity contribution in [3.8, 4) is 0 Å². The van der Waals surface area contributed by atoms with E-state index in [1.54, 1.807) is 0 Å². The summed E-state index contributed by atoms with van der Waals surface area (Å²) in [6.07, 6.45) is 12.3. The number of aliphatic hydroxyl groups is 1. The Bertz CT molecular complexity index is 1130. The van der Waals surface area contributed by atoms with Crippen molar-refractivity contribution in [1.29, 1.82) is 0 Å². The molecule has 5 nitrogen and oxygen atoms in total. The number of fused-ring (bicyclic) bond motifs is 10. The Morgan fingerprint density at radius 3 is 2.21 bits per heavy atom. The number of rotatable bonds is 5. The summed E-state index contributed by atoms with van der Waals surface area (Å²) in [5.41, 5.74) is 2.39. The SMILES string of the molecule is C=C(C)[C@@H]1CC[C@]2(CO)CC[C@]3(C)C(CCC4[C@@]5(C)CC[C@H](OC(=O)C[N+]67CCN(CC6)CC7)C(C)(C)C5CC[C@]43C)C12. The zero-order chi connectivity index (χ0) is 30.6. The molecule has 0 radical (unpaired) electrons. The average molecular weight is 596 g/mol. The lowest BCUT2D eigenvalue weighted by Gasteiger charge is -2.73. The quantitative estimate of drug-likeness (QED) is 0.219. The van der Waals surface area contributed by atoms with Crippen LogP contribution in [0.25, 0.3) is 0 Å². The zero-order valence-electron chi connectivity index (χ0n) is 28.6. The number of carbonyl (C=O) groups is 1. The van der Waals surface area contributed by atoms with E-state index < -0.39 is 0 Å². The van der Waals surface area contributed by atoms with Crippen LogP contribution in [0.1, 0.15) is 106 Å². The van der Waals surface area contributed by atoms with Gasteiger partial charge in [0, 0.05) is 31.7 Å². The fourth-order valence-corrected chi connectivity index (χ4v) is 14.2. The Balaban J connectivity index is 1.11. The summed E-state index contributed by atoms with van der Waals surface area (Å²) in [5, 5.41) is 10.8. The molecule has 43 heavy (non-hydrogen) atoms. The number of allylic oxidation sites excluding steroid dienone is 1. The van der Waals surface area contributed by atoms with Gasteiger partial charge in [-0.3, -0.25) is 4.90 Å². The molecule has 0 spiro atoms. The van der Waals surface area contributed by atoms with E-state index in [2.05, 4.69) is 53.0 Å². The lowest BCUT2D eigenvalue weighted by Crippen LogP contribution is -2.69.